The highest BCUT2D eigenvalue weighted by molar-refractivity contribution is 7.08. The lowest BCUT2D eigenvalue weighted by Crippen LogP contribution is -2.25. The van der Waals surface area contributed by atoms with E-state index < -0.39 is 0 Å². The fraction of sp³-hybridized carbons (Fsp3) is 0.600. The maximum absolute atomic E-state index is 3.42. The number of likely N-dealkylation sites (tertiary alicyclic amines) is 1. The molecule has 2 heterocycles. The van der Waals surface area contributed by atoms with Gasteiger partial charge in [-0.3, -0.25) is 0 Å². The van der Waals surface area contributed by atoms with Crippen molar-refractivity contribution >= 4 is 17.0 Å². The third-order valence-corrected chi connectivity index (χ3v) is 3.16. The van der Waals surface area contributed by atoms with Crippen LogP contribution >= 0.6 is 11.3 Å². The Kier molecular flexibility index (Phi) is 3.22. The first-order chi connectivity index (χ1) is 6.45. The second-order valence-electron chi connectivity index (χ2n) is 3.49. The second kappa shape index (κ2) is 4.63. The Morgan fingerprint density at radius 2 is 2.23 bits per heavy atom. The van der Waals surface area contributed by atoms with Crippen LogP contribution in [0.2, 0.25) is 0 Å². The van der Waals surface area contributed by atoms with Crippen LogP contribution in [0.15, 0.2) is 16.8 Å². The topological polar surface area (TPSA) is 15.3 Å². The summed E-state index contributed by atoms with van der Waals surface area (Å²) in [5, 5.41) is 7.69. The highest BCUT2D eigenvalue weighted by Crippen LogP contribution is 2.11. The first-order valence-electron chi connectivity index (χ1n) is 4.93. The molecule has 1 fully saturated rings. The fourth-order valence-electron chi connectivity index (χ4n) is 1.73. The molecule has 0 spiro atoms. The van der Waals surface area contributed by atoms with Gasteiger partial charge in [0.05, 0.1) is 0 Å². The molecule has 0 atom stereocenters. The molecule has 2 nitrogen and oxygen atoms in total. The molecule has 1 N–H and O–H groups in total. The summed E-state index contributed by atoms with van der Waals surface area (Å²) in [5.74, 6) is 0. The van der Waals surface area contributed by atoms with Crippen LogP contribution in [-0.4, -0.2) is 31.1 Å². The minimum atomic E-state index is 1.08. The summed E-state index contributed by atoms with van der Waals surface area (Å²) < 4.78 is 0. The van der Waals surface area contributed by atoms with Crippen molar-refractivity contribution in [2.24, 2.45) is 0 Å². The molecule has 3 heteroatoms. The lowest BCUT2D eigenvalue weighted by atomic mass is 10.4. The third-order valence-electron chi connectivity index (χ3n) is 2.48. The number of nitrogens with zero attached hydrogens (tertiary/aromatic N) is 1. The highest BCUT2D eigenvalue weighted by atomic mass is 32.1. The van der Waals surface area contributed by atoms with E-state index in [1.807, 2.05) is 0 Å². The van der Waals surface area contributed by atoms with Crippen LogP contribution in [0.5, 0.6) is 0 Å². The maximum atomic E-state index is 3.42. The van der Waals surface area contributed by atoms with Gasteiger partial charge in [0, 0.05) is 24.2 Å². The van der Waals surface area contributed by atoms with Crippen LogP contribution in [0, 0.1) is 0 Å². The smallest absolute Gasteiger partial charge is 0.0449 e. The molecule has 13 heavy (non-hydrogen) atoms. The summed E-state index contributed by atoms with van der Waals surface area (Å²) in [5.41, 5.74) is 1.27. The van der Waals surface area contributed by atoms with Gasteiger partial charge in [0.25, 0.3) is 0 Å². The average molecular weight is 196 g/mol. The van der Waals surface area contributed by atoms with Gasteiger partial charge in [0.1, 0.15) is 0 Å². The summed E-state index contributed by atoms with van der Waals surface area (Å²) in [7, 11) is 0. The van der Waals surface area contributed by atoms with E-state index in [0.29, 0.717) is 0 Å². The molecule has 0 aliphatic carbocycles. The average Bonchev–Trinajstić information content (AvgIpc) is 2.75. The molecule has 1 aromatic rings. The molecule has 1 aromatic heterocycles. The van der Waals surface area contributed by atoms with Crippen LogP contribution in [0.4, 0.5) is 5.69 Å². The quantitative estimate of drug-likeness (QED) is 0.794. The Labute approximate surface area is 83.6 Å². The summed E-state index contributed by atoms with van der Waals surface area (Å²) >= 11 is 1.75. The van der Waals surface area contributed by atoms with E-state index >= 15 is 0 Å². The van der Waals surface area contributed by atoms with Gasteiger partial charge in [0.15, 0.2) is 0 Å². The van der Waals surface area contributed by atoms with E-state index in [-0.39, 0.29) is 0 Å². The zero-order chi connectivity index (χ0) is 8.93. The van der Waals surface area contributed by atoms with Crippen molar-refractivity contribution in [3.05, 3.63) is 16.8 Å². The zero-order valence-corrected chi connectivity index (χ0v) is 8.65. The summed E-state index contributed by atoms with van der Waals surface area (Å²) in [6, 6.07) is 2.13. The van der Waals surface area contributed by atoms with E-state index in [4.69, 9.17) is 0 Å². The normalized spacial score (nSPS) is 17.8. The molecule has 2 rings (SSSR count). The third kappa shape index (κ3) is 2.71. The first kappa shape index (κ1) is 9.03. The van der Waals surface area contributed by atoms with E-state index in [2.05, 4.69) is 27.0 Å². The van der Waals surface area contributed by atoms with Gasteiger partial charge in [-0.25, -0.2) is 0 Å². The predicted octanol–water partition coefficient (Wildman–Crippen LogP) is 2.26. The lowest BCUT2D eigenvalue weighted by Gasteiger charge is -2.14. The van der Waals surface area contributed by atoms with Crippen LogP contribution < -0.4 is 5.32 Å². The molecule has 0 radical (unpaired) electrons. The van der Waals surface area contributed by atoms with Crippen molar-refractivity contribution < 1.29 is 0 Å². The van der Waals surface area contributed by atoms with E-state index in [0.717, 1.165) is 6.54 Å². The molecular formula is C10H16N2S. The SMILES string of the molecule is c1cc(NCCN2CCCC2)cs1. The standard InChI is InChI=1S/C10H16N2S/c1-2-6-12(5-1)7-4-11-10-3-8-13-9-10/h3,8-9,11H,1-2,4-7H2. The number of rotatable bonds is 4. The number of thiophene rings is 1. The predicted molar refractivity (Wildman–Crippen MR) is 58.5 cm³/mol. The Morgan fingerprint density at radius 3 is 2.92 bits per heavy atom. The van der Waals surface area contributed by atoms with Gasteiger partial charge in [-0.1, -0.05) is 0 Å². The van der Waals surface area contributed by atoms with E-state index in [1.54, 1.807) is 11.3 Å². The van der Waals surface area contributed by atoms with Gasteiger partial charge in [-0.15, -0.1) is 0 Å². The molecule has 0 saturated carbocycles. The highest BCUT2D eigenvalue weighted by Gasteiger charge is 2.09. The number of hydrogen-bond acceptors (Lipinski definition) is 3. The lowest BCUT2D eigenvalue weighted by molar-refractivity contribution is 0.353. The molecule has 0 unspecified atom stereocenters. The van der Waals surface area contributed by atoms with Crippen LogP contribution in [-0.2, 0) is 0 Å². The molecule has 1 aliphatic rings. The Bertz CT molecular complexity index is 227. The van der Waals surface area contributed by atoms with Crippen molar-refractivity contribution in [1.29, 1.82) is 0 Å². The van der Waals surface area contributed by atoms with Gasteiger partial charge in [-0.05, 0) is 37.4 Å². The largest absolute Gasteiger partial charge is 0.383 e. The summed E-state index contributed by atoms with van der Waals surface area (Å²) in [6.45, 7) is 4.86. The van der Waals surface area contributed by atoms with Crippen LogP contribution in [0.3, 0.4) is 0 Å². The molecule has 1 aliphatic heterocycles. The van der Waals surface area contributed by atoms with Crippen LogP contribution in [0.25, 0.3) is 0 Å². The number of nitrogens with one attached hydrogen (secondary N) is 1. The second-order valence-corrected chi connectivity index (χ2v) is 4.27. The Hall–Kier alpha value is -0.540. The molecule has 0 amide bonds. The molecule has 1 saturated heterocycles. The Morgan fingerprint density at radius 1 is 1.38 bits per heavy atom. The number of anilines is 1. The first-order valence-corrected chi connectivity index (χ1v) is 5.88. The van der Waals surface area contributed by atoms with Crippen molar-refractivity contribution in [3.8, 4) is 0 Å². The maximum Gasteiger partial charge on any atom is 0.0449 e. The summed E-state index contributed by atoms with van der Waals surface area (Å²) in [4.78, 5) is 2.53. The van der Waals surface area contributed by atoms with E-state index in [9.17, 15) is 0 Å². The van der Waals surface area contributed by atoms with Gasteiger partial charge in [0.2, 0.25) is 0 Å². The van der Waals surface area contributed by atoms with Gasteiger partial charge < -0.3 is 10.2 Å². The van der Waals surface area contributed by atoms with Gasteiger partial charge in [-0.2, -0.15) is 11.3 Å². The molecular weight excluding hydrogens is 180 g/mol. The molecule has 0 aromatic carbocycles. The van der Waals surface area contributed by atoms with Crippen molar-refractivity contribution in [3.63, 3.8) is 0 Å². The molecule has 72 valence electrons. The van der Waals surface area contributed by atoms with E-state index in [1.165, 1.54) is 38.2 Å². The number of hydrogen-bond donors (Lipinski definition) is 1. The van der Waals surface area contributed by atoms with Gasteiger partial charge >= 0.3 is 0 Å². The summed E-state index contributed by atoms with van der Waals surface area (Å²) in [6.07, 6.45) is 2.77. The minimum absolute atomic E-state index is 1.08. The van der Waals surface area contributed by atoms with Crippen LogP contribution in [0.1, 0.15) is 12.8 Å². The van der Waals surface area contributed by atoms with Crippen molar-refractivity contribution in [2.45, 2.75) is 12.8 Å². The van der Waals surface area contributed by atoms with Crippen molar-refractivity contribution in [1.82, 2.24) is 4.90 Å². The Balaban J connectivity index is 1.63. The monoisotopic (exact) mass is 196 g/mol. The minimum Gasteiger partial charge on any atom is -0.383 e. The fourth-order valence-corrected chi connectivity index (χ4v) is 2.34. The molecule has 0 bridgehead atoms. The zero-order valence-electron chi connectivity index (χ0n) is 7.83. The van der Waals surface area contributed by atoms with Crippen molar-refractivity contribution in [2.75, 3.05) is 31.5 Å².